The molecule has 12 nitrogen and oxygen atoms in total. The molecule has 1 aliphatic rings. The number of benzene rings is 6. The lowest BCUT2D eigenvalue weighted by Crippen LogP contribution is -2.62. The lowest BCUT2D eigenvalue weighted by atomic mass is 9.97. The van der Waals surface area contributed by atoms with Gasteiger partial charge in [-0.2, -0.15) is 0 Å². The second-order valence-corrected chi connectivity index (χ2v) is 16.3. The lowest BCUT2D eigenvalue weighted by molar-refractivity contribution is -0.227. The second-order valence-electron chi connectivity index (χ2n) is 14.2. The quantitative estimate of drug-likeness (QED) is 0.0673. The lowest BCUT2D eigenvalue weighted by Gasteiger charge is -2.43. The summed E-state index contributed by atoms with van der Waals surface area (Å²) in [5, 5.41) is 0. The van der Waals surface area contributed by atoms with Crippen molar-refractivity contribution in [3.63, 3.8) is 0 Å². The summed E-state index contributed by atoms with van der Waals surface area (Å²) in [5.41, 5.74) is 3.29. The molecule has 2 heterocycles. The summed E-state index contributed by atoms with van der Waals surface area (Å²) in [7, 11) is 2.64. The van der Waals surface area contributed by atoms with Gasteiger partial charge in [-0.3, -0.25) is 4.57 Å². The number of hydrogen-bond acceptors (Lipinski definition) is 13. The Bertz CT molecular complexity index is 2800. The molecule has 0 aliphatic carbocycles. The van der Waals surface area contributed by atoms with Gasteiger partial charge in [0.25, 0.3) is 0 Å². The molecule has 7 aromatic rings. The van der Waals surface area contributed by atoms with Crippen LogP contribution in [0.1, 0.15) is 47.0 Å². The highest BCUT2D eigenvalue weighted by Crippen LogP contribution is 2.32. The maximum absolute atomic E-state index is 14.1. The van der Waals surface area contributed by atoms with Gasteiger partial charge in [0.2, 0.25) is 9.60 Å². The molecule has 14 heteroatoms. The van der Waals surface area contributed by atoms with Crippen molar-refractivity contribution in [3.05, 3.63) is 213 Å². The molecule has 0 unspecified atom stereocenters. The fourth-order valence-electron chi connectivity index (χ4n) is 6.66. The number of nitrogens with zero attached hydrogens (tertiary/aromatic N) is 3. The molecule has 0 spiro atoms. The van der Waals surface area contributed by atoms with E-state index in [-0.39, 0.29) is 22.3 Å². The predicted octanol–water partition coefficient (Wildman–Crippen LogP) is 8.30. The molecular weight excluding hydrogens is 839 g/mol. The minimum Gasteiger partial charge on any atom is -0.459 e. The van der Waals surface area contributed by atoms with Crippen molar-refractivity contribution in [2.24, 2.45) is 9.98 Å². The monoisotopic (exact) mass is 877 g/mol. The summed E-state index contributed by atoms with van der Waals surface area (Å²) >= 11 is 0. The van der Waals surface area contributed by atoms with Gasteiger partial charge in [-0.05, 0) is 100 Å². The van der Waals surface area contributed by atoms with Crippen LogP contribution in [0.4, 0.5) is 5.69 Å². The maximum atomic E-state index is 14.1. The second kappa shape index (κ2) is 20.1. The molecule has 1 aromatic heterocycles. The predicted molar refractivity (Wildman–Crippen MR) is 236 cm³/mol. The van der Waals surface area contributed by atoms with Crippen molar-refractivity contribution in [2.45, 2.75) is 37.6 Å². The van der Waals surface area contributed by atoms with Crippen LogP contribution < -0.4 is 9.60 Å². The Labute approximate surface area is 369 Å². The average Bonchev–Trinajstić information content (AvgIpc) is 3.72. The Hall–Kier alpha value is -7.26. The molecule has 0 amide bonds. The largest absolute Gasteiger partial charge is 0.459 e. The fourth-order valence-corrected chi connectivity index (χ4v) is 8.83. The minimum atomic E-state index is -1.56. The molecule has 1 fully saturated rings. The smallest absolute Gasteiger partial charge is 0.338 e. The zero-order chi connectivity index (χ0) is 43.5. The first-order valence-electron chi connectivity index (χ1n) is 19.9. The van der Waals surface area contributed by atoms with Crippen molar-refractivity contribution in [3.8, 4) is 5.69 Å². The summed E-state index contributed by atoms with van der Waals surface area (Å²) in [6, 6.07) is 50.3. The standard InChI is InChI=1S/C49H39N3O9S2/c1-32-27-29-38(30-28-32)52-48(50-37-25-15-6-16-26-37)62-63-49(52)51-43-42(61-47(56)36-23-13-5-14-24-36)41(60-46(55)35-21-11-4-12-22-35)40(59-45(54)34-19-9-3-10-20-34)39(58-43)31-57-44(53)33-17-7-2-8-18-33/h2-30,39-43H,31H2,1H3/b50-48?,51-49+/t39-,40-,41+,42-,43-/m1/s1. The van der Waals surface area contributed by atoms with Crippen molar-refractivity contribution in [1.29, 1.82) is 0 Å². The van der Waals surface area contributed by atoms with Gasteiger partial charge in [-0.15, -0.1) is 0 Å². The molecule has 1 aliphatic heterocycles. The van der Waals surface area contributed by atoms with Crippen LogP contribution >= 0.6 is 20.7 Å². The fraction of sp³-hybridized carbons (Fsp3) is 0.143. The summed E-state index contributed by atoms with van der Waals surface area (Å²) in [6.45, 7) is 1.50. The molecule has 0 radical (unpaired) electrons. The summed E-state index contributed by atoms with van der Waals surface area (Å²) < 4.78 is 33.1. The van der Waals surface area contributed by atoms with E-state index in [1.165, 1.54) is 20.7 Å². The molecule has 0 saturated carbocycles. The molecule has 6 aromatic carbocycles. The third-order valence-electron chi connectivity index (χ3n) is 9.84. The Morgan fingerprint density at radius 2 is 0.952 bits per heavy atom. The van der Waals surface area contributed by atoms with Gasteiger partial charge in [-0.25, -0.2) is 29.2 Å². The first kappa shape index (κ1) is 42.4. The summed E-state index contributed by atoms with van der Waals surface area (Å²) in [5.74, 6) is -3.06. The van der Waals surface area contributed by atoms with Crippen LogP contribution in [0.5, 0.6) is 0 Å². The van der Waals surface area contributed by atoms with Gasteiger partial charge in [0.1, 0.15) is 12.7 Å². The highest BCUT2D eigenvalue weighted by molar-refractivity contribution is 7.67. The van der Waals surface area contributed by atoms with Crippen LogP contribution in [-0.4, -0.2) is 65.7 Å². The van der Waals surface area contributed by atoms with Crippen molar-refractivity contribution in [1.82, 2.24) is 4.57 Å². The number of esters is 4. The number of carbonyl (C=O) groups is 4. The molecule has 0 bridgehead atoms. The third kappa shape index (κ3) is 10.4. The van der Waals surface area contributed by atoms with Crippen molar-refractivity contribution in [2.75, 3.05) is 6.61 Å². The molecule has 8 rings (SSSR count). The number of rotatable bonds is 12. The van der Waals surface area contributed by atoms with E-state index in [0.717, 1.165) is 11.3 Å². The minimum absolute atomic E-state index is 0.176. The number of aryl methyl sites for hydroxylation is 1. The van der Waals surface area contributed by atoms with Crippen LogP contribution in [0.3, 0.4) is 0 Å². The van der Waals surface area contributed by atoms with E-state index >= 15 is 0 Å². The Balaban J connectivity index is 1.30. The van der Waals surface area contributed by atoms with E-state index in [2.05, 4.69) is 0 Å². The summed E-state index contributed by atoms with van der Waals surface area (Å²) in [4.78, 5) is 66.6. The van der Waals surface area contributed by atoms with Crippen LogP contribution in [0.2, 0.25) is 0 Å². The molecule has 316 valence electrons. The van der Waals surface area contributed by atoms with Gasteiger partial charge >= 0.3 is 23.9 Å². The zero-order valence-corrected chi connectivity index (χ0v) is 35.3. The maximum Gasteiger partial charge on any atom is 0.338 e. The zero-order valence-electron chi connectivity index (χ0n) is 33.7. The number of hydrogen-bond donors (Lipinski definition) is 0. The van der Waals surface area contributed by atoms with Gasteiger partial charge in [0, 0.05) is 0 Å². The Morgan fingerprint density at radius 3 is 1.46 bits per heavy atom. The van der Waals surface area contributed by atoms with Gasteiger partial charge in [0.05, 0.1) is 33.6 Å². The van der Waals surface area contributed by atoms with Gasteiger partial charge in [-0.1, -0.05) is 109 Å². The molecule has 5 atom stereocenters. The highest BCUT2D eigenvalue weighted by Gasteiger charge is 2.53. The normalized spacial score (nSPS) is 18.8. The molecule has 0 N–H and O–H groups in total. The van der Waals surface area contributed by atoms with Crippen molar-refractivity contribution >= 4 is 50.2 Å². The van der Waals surface area contributed by atoms with Crippen molar-refractivity contribution < 1.29 is 42.9 Å². The van der Waals surface area contributed by atoms with Crippen LogP contribution in [0.25, 0.3) is 5.69 Å². The van der Waals surface area contributed by atoms with E-state index in [9.17, 15) is 19.2 Å². The number of aromatic nitrogens is 1. The highest BCUT2D eigenvalue weighted by atomic mass is 32.9. The topological polar surface area (TPSA) is 144 Å². The summed E-state index contributed by atoms with van der Waals surface area (Å²) in [6.07, 6.45) is -7.36. The Kier molecular flexibility index (Phi) is 13.5. The van der Waals surface area contributed by atoms with Gasteiger partial charge < -0.3 is 23.7 Å². The first-order valence-corrected chi connectivity index (χ1v) is 22.0. The van der Waals surface area contributed by atoms with E-state index in [4.69, 9.17) is 33.7 Å². The van der Waals surface area contributed by atoms with E-state index in [0.29, 0.717) is 15.3 Å². The molecule has 63 heavy (non-hydrogen) atoms. The van der Waals surface area contributed by atoms with Crippen LogP contribution in [0, 0.1) is 6.92 Å². The van der Waals surface area contributed by atoms with Crippen LogP contribution in [0.15, 0.2) is 186 Å². The van der Waals surface area contributed by atoms with E-state index < -0.39 is 61.1 Å². The van der Waals surface area contributed by atoms with E-state index in [1.807, 2.05) is 66.1 Å². The number of para-hydroxylation sites is 1. The van der Waals surface area contributed by atoms with E-state index in [1.54, 1.807) is 121 Å². The SMILES string of the molecule is Cc1ccc(-n2c(=Nc3ccccc3)ss/c2=N/[C@@H]2O[C@H](COC(=O)c3ccccc3)[C@@H](OC(=O)c3ccccc3)[C@H](OC(=O)c3ccccc3)[C@H]2OC(=O)c2ccccc2)cc1. The average molecular weight is 878 g/mol. The van der Waals surface area contributed by atoms with Gasteiger partial charge in [0.15, 0.2) is 24.5 Å². The number of carbonyl (C=O) groups excluding carboxylic acids is 4. The number of ether oxygens (including phenoxy) is 5. The first-order chi connectivity index (χ1) is 30.8. The van der Waals surface area contributed by atoms with Crippen LogP contribution in [-0.2, 0) is 23.7 Å². The third-order valence-corrected chi connectivity index (χ3v) is 11.9. The molecular formula is C49H39N3O9S2. The Morgan fingerprint density at radius 1 is 0.524 bits per heavy atom. The molecule has 1 saturated heterocycles.